The molecule has 1 amide bonds. The first kappa shape index (κ1) is 17.2. The molecule has 1 atom stereocenters. The zero-order valence-electron chi connectivity index (χ0n) is 15.2. The highest BCUT2D eigenvalue weighted by atomic mass is 16.5. The number of pyridine rings is 1. The molecule has 0 aromatic carbocycles. The summed E-state index contributed by atoms with van der Waals surface area (Å²) < 4.78 is 7.05. The number of rotatable bonds is 4. The lowest BCUT2D eigenvalue weighted by Crippen LogP contribution is -2.36. The molecule has 26 heavy (non-hydrogen) atoms. The van der Waals surface area contributed by atoms with E-state index in [9.17, 15) is 4.79 Å². The van der Waals surface area contributed by atoms with E-state index < -0.39 is 0 Å². The van der Waals surface area contributed by atoms with Crippen LogP contribution < -0.4 is 0 Å². The molecule has 2 aromatic heterocycles. The average molecular weight is 355 g/mol. The van der Waals surface area contributed by atoms with Gasteiger partial charge < -0.3 is 9.64 Å². The molecular weight excluding hydrogens is 330 g/mol. The first-order chi connectivity index (χ1) is 12.7. The summed E-state index contributed by atoms with van der Waals surface area (Å²) in [5.74, 6) is 0.0351. The Labute approximate surface area is 153 Å². The summed E-state index contributed by atoms with van der Waals surface area (Å²) in [7, 11) is 1.81. The second-order valence-electron chi connectivity index (χ2n) is 6.94. The van der Waals surface area contributed by atoms with E-state index in [0.717, 1.165) is 63.6 Å². The molecule has 138 valence electrons. The van der Waals surface area contributed by atoms with Crippen LogP contribution in [0.4, 0.5) is 0 Å². The van der Waals surface area contributed by atoms with Crippen LogP contribution >= 0.6 is 0 Å². The molecule has 0 saturated carbocycles. The molecule has 0 N–H and O–H groups in total. The summed E-state index contributed by atoms with van der Waals surface area (Å²) in [6.45, 7) is 5.06. The largest absolute Gasteiger partial charge is 0.379 e. The summed E-state index contributed by atoms with van der Waals surface area (Å²) in [5, 5.41) is 4.12. The molecule has 7 heteroatoms. The quantitative estimate of drug-likeness (QED) is 0.834. The van der Waals surface area contributed by atoms with Gasteiger partial charge in [-0.25, -0.2) is 0 Å². The summed E-state index contributed by atoms with van der Waals surface area (Å²) in [5.41, 5.74) is 2.68. The minimum Gasteiger partial charge on any atom is -0.379 e. The van der Waals surface area contributed by atoms with Gasteiger partial charge in [-0.15, -0.1) is 0 Å². The van der Waals surface area contributed by atoms with E-state index in [1.54, 1.807) is 24.0 Å². The number of likely N-dealkylation sites (tertiary alicyclic amines) is 1. The van der Waals surface area contributed by atoms with Crippen LogP contribution in [-0.2, 0) is 18.3 Å². The molecule has 2 fully saturated rings. The lowest BCUT2D eigenvalue weighted by molar-refractivity contribution is 0.0336. The Morgan fingerprint density at radius 2 is 2.08 bits per heavy atom. The maximum absolute atomic E-state index is 12.9. The van der Waals surface area contributed by atoms with Crippen molar-refractivity contribution in [2.45, 2.75) is 25.4 Å². The fourth-order valence-electron chi connectivity index (χ4n) is 3.81. The molecule has 2 aromatic rings. The molecule has 0 aliphatic carbocycles. The summed E-state index contributed by atoms with van der Waals surface area (Å²) in [6.07, 6.45) is 3.63. The normalized spacial score (nSPS) is 21.3. The molecular formula is C19H25N5O2. The minimum atomic E-state index is 0.0351. The first-order valence-corrected chi connectivity index (χ1v) is 9.27. The van der Waals surface area contributed by atoms with Crippen LogP contribution in [0.2, 0.25) is 0 Å². The predicted molar refractivity (Wildman–Crippen MR) is 96.6 cm³/mol. The number of ether oxygens (including phenoxy) is 1. The van der Waals surface area contributed by atoms with Crippen molar-refractivity contribution in [3.63, 3.8) is 0 Å². The Hall–Kier alpha value is -2.25. The number of hydrogen-bond donors (Lipinski definition) is 0. The van der Waals surface area contributed by atoms with Crippen LogP contribution in [0.5, 0.6) is 0 Å². The van der Waals surface area contributed by atoms with E-state index >= 15 is 0 Å². The molecule has 7 nitrogen and oxygen atoms in total. The van der Waals surface area contributed by atoms with Gasteiger partial charge in [-0.1, -0.05) is 6.07 Å². The lowest BCUT2D eigenvalue weighted by atomic mass is 10.1. The van der Waals surface area contributed by atoms with Gasteiger partial charge in [-0.3, -0.25) is 19.4 Å². The summed E-state index contributed by atoms with van der Waals surface area (Å²) in [6, 6.07) is 7.99. The smallest absolute Gasteiger partial charge is 0.272 e. The predicted octanol–water partition coefficient (Wildman–Crippen LogP) is 1.62. The Morgan fingerprint density at radius 3 is 2.85 bits per heavy atom. The van der Waals surface area contributed by atoms with Crippen LogP contribution in [0, 0.1) is 0 Å². The molecule has 0 radical (unpaired) electrons. The highest BCUT2D eigenvalue weighted by Crippen LogP contribution is 2.32. The Bertz CT molecular complexity index is 769. The maximum atomic E-state index is 12.9. The Kier molecular flexibility index (Phi) is 4.99. The van der Waals surface area contributed by atoms with Gasteiger partial charge in [-0.05, 0) is 31.0 Å². The average Bonchev–Trinajstić information content (AvgIpc) is 3.31. The van der Waals surface area contributed by atoms with Crippen molar-refractivity contribution in [2.75, 3.05) is 32.8 Å². The molecule has 2 saturated heterocycles. The van der Waals surface area contributed by atoms with E-state index in [2.05, 4.69) is 22.1 Å². The number of morpholine rings is 1. The second kappa shape index (κ2) is 7.55. The van der Waals surface area contributed by atoms with Gasteiger partial charge in [-0.2, -0.15) is 5.10 Å². The third-order valence-corrected chi connectivity index (χ3v) is 5.21. The Balaban J connectivity index is 1.51. The van der Waals surface area contributed by atoms with Crippen molar-refractivity contribution in [3.8, 4) is 0 Å². The number of carbonyl (C=O) groups is 1. The van der Waals surface area contributed by atoms with E-state index in [0.29, 0.717) is 5.69 Å². The second-order valence-corrected chi connectivity index (χ2v) is 6.94. The van der Waals surface area contributed by atoms with E-state index in [1.165, 1.54) is 0 Å². The van der Waals surface area contributed by atoms with Crippen molar-refractivity contribution in [1.29, 1.82) is 0 Å². The van der Waals surface area contributed by atoms with Gasteiger partial charge in [0.05, 0.1) is 30.6 Å². The monoisotopic (exact) mass is 355 g/mol. The number of nitrogens with zero attached hydrogens (tertiary/aromatic N) is 5. The fourth-order valence-corrected chi connectivity index (χ4v) is 3.81. The van der Waals surface area contributed by atoms with E-state index in [-0.39, 0.29) is 11.9 Å². The van der Waals surface area contributed by atoms with Crippen LogP contribution in [0.25, 0.3) is 0 Å². The topological polar surface area (TPSA) is 63.5 Å². The molecule has 2 aliphatic rings. The number of aryl methyl sites for hydroxylation is 1. The van der Waals surface area contributed by atoms with Crippen molar-refractivity contribution in [3.05, 3.63) is 47.5 Å². The van der Waals surface area contributed by atoms with Crippen LogP contribution in [0.15, 0.2) is 30.5 Å². The highest BCUT2D eigenvalue weighted by Gasteiger charge is 2.32. The molecule has 4 heterocycles. The van der Waals surface area contributed by atoms with E-state index in [1.807, 2.05) is 11.0 Å². The molecule has 1 unspecified atom stereocenters. The number of aromatic nitrogens is 3. The van der Waals surface area contributed by atoms with Gasteiger partial charge in [0.1, 0.15) is 5.69 Å². The van der Waals surface area contributed by atoms with Crippen molar-refractivity contribution >= 4 is 5.91 Å². The molecule has 2 aliphatic heterocycles. The lowest BCUT2D eigenvalue weighted by Gasteiger charge is -2.27. The fraction of sp³-hybridized carbons (Fsp3) is 0.526. The zero-order valence-corrected chi connectivity index (χ0v) is 15.2. The first-order valence-electron chi connectivity index (χ1n) is 9.27. The SMILES string of the molecule is Cn1nccc1C(=O)N1CCCC1c1cccc(CN2CCOCC2)n1. The number of carbonyl (C=O) groups excluding carboxylic acids is 1. The Morgan fingerprint density at radius 1 is 1.23 bits per heavy atom. The van der Waals surface area contributed by atoms with Crippen molar-refractivity contribution in [1.82, 2.24) is 24.6 Å². The molecule has 0 spiro atoms. The van der Waals surface area contributed by atoms with Gasteiger partial charge in [0.15, 0.2) is 0 Å². The van der Waals surface area contributed by atoms with E-state index in [4.69, 9.17) is 9.72 Å². The standard InChI is InChI=1S/C19H25N5O2/c1-22-18(7-8-20-22)19(25)24-9-3-6-17(24)16-5-2-4-15(21-16)14-23-10-12-26-13-11-23/h2,4-5,7-8,17H,3,6,9-14H2,1H3. The third-order valence-electron chi connectivity index (χ3n) is 5.21. The van der Waals surface area contributed by atoms with Gasteiger partial charge in [0.25, 0.3) is 5.91 Å². The van der Waals surface area contributed by atoms with Crippen molar-refractivity contribution < 1.29 is 9.53 Å². The van der Waals surface area contributed by atoms with Gasteiger partial charge in [0.2, 0.25) is 0 Å². The zero-order chi connectivity index (χ0) is 17.9. The van der Waals surface area contributed by atoms with Gasteiger partial charge in [0, 0.05) is 39.4 Å². The van der Waals surface area contributed by atoms with Crippen LogP contribution in [0.3, 0.4) is 0 Å². The van der Waals surface area contributed by atoms with Crippen LogP contribution in [0.1, 0.15) is 40.8 Å². The molecule has 0 bridgehead atoms. The minimum absolute atomic E-state index is 0.0351. The van der Waals surface area contributed by atoms with Gasteiger partial charge >= 0.3 is 0 Å². The summed E-state index contributed by atoms with van der Waals surface area (Å²) in [4.78, 5) is 22.1. The maximum Gasteiger partial charge on any atom is 0.272 e. The number of hydrogen-bond acceptors (Lipinski definition) is 5. The van der Waals surface area contributed by atoms with Crippen LogP contribution in [-0.4, -0.2) is 63.3 Å². The third kappa shape index (κ3) is 3.50. The number of amides is 1. The highest BCUT2D eigenvalue weighted by molar-refractivity contribution is 5.93. The van der Waals surface area contributed by atoms with Crippen molar-refractivity contribution in [2.24, 2.45) is 7.05 Å². The summed E-state index contributed by atoms with van der Waals surface area (Å²) >= 11 is 0. The molecule has 4 rings (SSSR count).